The molecular formula is C19H18N3NaO4S2. The van der Waals surface area contributed by atoms with E-state index >= 15 is 0 Å². The molecule has 1 aromatic carbocycles. The summed E-state index contributed by atoms with van der Waals surface area (Å²) < 4.78 is 3.74. The number of β-lactam (4-membered cyclic amide) rings is 1. The Morgan fingerprint density at radius 1 is 1.31 bits per heavy atom. The average molecular weight is 439 g/mol. The number of rotatable bonds is 4. The van der Waals surface area contributed by atoms with Crippen LogP contribution in [0.2, 0.25) is 0 Å². The second-order valence-corrected chi connectivity index (χ2v) is 10.1. The van der Waals surface area contributed by atoms with E-state index in [1.807, 2.05) is 30.3 Å². The third-order valence-electron chi connectivity index (χ3n) is 5.03. The largest absolute Gasteiger partial charge is 1.00 e. The molecule has 1 N–H and O–H groups in total. The van der Waals surface area contributed by atoms with E-state index in [0.717, 1.165) is 10.4 Å². The number of aryl methyl sites for hydroxylation is 1. The monoisotopic (exact) mass is 439 g/mol. The van der Waals surface area contributed by atoms with Crippen LogP contribution in [-0.2, 0) is 9.59 Å². The zero-order valence-electron chi connectivity index (χ0n) is 16.4. The van der Waals surface area contributed by atoms with Gasteiger partial charge < -0.3 is 15.1 Å². The molecule has 0 bridgehead atoms. The van der Waals surface area contributed by atoms with Crippen LogP contribution in [0.3, 0.4) is 0 Å². The second kappa shape index (κ2) is 8.03. The van der Waals surface area contributed by atoms with Gasteiger partial charge in [0.1, 0.15) is 11.4 Å². The Kier molecular flexibility index (Phi) is 6.18. The molecule has 2 aromatic rings. The average Bonchev–Trinajstić information content (AvgIpc) is 3.15. The number of thioether (sulfide) groups is 1. The van der Waals surface area contributed by atoms with Gasteiger partial charge in [0.25, 0.3) is 5.91 Å². The van der Waals surface area contributed by atoms with E-state index < -0.39 is 40.0 Å². The number of aromatic nitrogens is 1. The number of benzene rings is 1. The molecule has 0 spiro atoms. The standard InChI is InChI=1S/C19H19N3O4S2.Na/c1-9-11(12(21-28-9)10-7-5-4-6-8-10)15(23)20-13-16(24)22-14(18(25)26)19(2,3)27-17(13)22;/h4-8,13-14,17H,1-3H3,(H,20,23)(H,25,26);/q;+1/p-1. The van der Waals surface area contributed by atoms with E-state index in [9.17, 15) is 19.8 Å². The van der Waals surface area contributed by atoms with Crippen molar-refractivity contribution in [1.82, 2.24) is 9.27 Å². The van der Waals surface area contributed by atoms with E-state index in [4.69, 9.17) is 0 Å². The predicted octanol–water partition coefficient (Wildman–Crippen LogP) is -1.26. The van der Waals surface area contributed by atoms with Crippen LogP contribution in [0.25, 0.3) is 11.3 Å². The van der Waals surface area contributed by atoms with Crippen molar-refractivity contribution in [2.75, 3.05) is 0 Å². The number of hydrogen-bond donors (Lipinski definition) is 1. The number of carbonyl (C=O) groups excluding carboxylic acids is 1. The Morgan fingerprint density at radius 3 is 2.59 bits per heavy atom. The first-order chi connectivity index (χ1) is 13.2. The Labute approximate surface area is 198 Å². The molecule has 1 aromatic heterocycles. The summed E-state index contributed by atoms with van der Waals surface area (Å²) in [7, 11) is 0. The first-order valence-corrected chi connectivity index (χ1v) is 10.4. The Balaban J connectivity index is 0.00000240. The molecule has 10 heteroatoms. The molecule has 2 aliphatic heterocycles. The number of hydrogen-bond acceptors (Lipinski definition) is 7. The van der Waals surface area contributed by atoms with Crippen LogP contribution in [-0.4, -0.2) is 54.4 Å². The van der Waals surface area contributed by atoms with Crippen molar-refractivity contribution >= 4 is 41.1 Å². The van der Waals surface area contributed by atoms with Gasteiger partial charge in [-0.15, -0.1) is 11.8 Å². The van der Waals surface area contributed by atoms with Gasteiger partial charge in [-0.2, -0.15) is 4.37 Å². The van der Waals surface area contributed by atoms with E-state index in [1.54, 1.807) is 20.8 Å². The molecule has 0 radical (unpaired) electrons. The number of fused-ring (bicyclic) bond motifs is 1. The van der Waals surface area contributed by atoms with Crippen LogP contribution >= 0.6 is 23.3 Å². The summed E-state index contributed by atoms with van der Waals surface area (Å²) in [6.07, 6.45) is 0. The fourth-order valence-corrected chi connectivity index (χ4v) is 6.03. The molecule has 1 amide bonds. The minimum absolute atomic E-state index is 0. The van der Waals surface area contributed by atoms with E-state index in [0.29, 0.717) is 11.3 Å². The van der Waals surface area contributed by atoms with Crippen molar-refractivity contribution in [3.8, 4) is 11.3 Å². The van der Waals surface area contributed by atoms with Gasteiger partial charge in [-0.05, 0) is 38.2 Å². The maximum absolute atomic E-state index is 12.9. The van der Waals surface area contributed by atoms with Crippen molar-refractivity contribution in [2.24, 2.45) is 4.99 Å². The number of amides is 1. The number of carboxylic acids is 1. The van der Waals surface area contributed by atoms with Crippen LogP contribution in [0.5, 0.6) is 0 Å². The summed E-state index contributed by atoms with van der Waals surface area (Å²) in [5, 5.41) is 22.0. The van der Waals surface area contributed by atoms with Crippen molar-refractivity contribution in [3.63, 3.8) is 0 Å². The summed E-state index contributed by atoms with van der Waals surface area (Å²) >= 11 is 2.60. The normalized spacial score (nSPS) is 25.2. The topological polar surface area (TPSA) is 106 Å². The quantitative estimate of drug-likeness (QED) is 0.276. The van der Waals surface area contributed by atoms with Crippen molar-refractivity contribution in [2.45, 2.75) is 43.0 Å². The van der Waals surface area contributed by atoms with E-state index in [1.165, 1.54) is 28.2 Å². The zero-order valence-corrected chi connectivity index (χ0v) is 20.1. The molecular weight excluding hydrogens is 421 g/mol. The molecule has 29 heavy (non-hydrogen) atoms. The molecule has 3 heterocycles. The Morgan fingerprint density at radius 2 is 1.97 bits per heavy atom. The molecule has 3 atom stereocenters. The van der Waals surface area contributed by atoms with Crippen LogP contribution in [0, 0.1) is 6.92 Å². The number of carbonyl (C=O) groups is 2. The third kappa shape index (κ3) is 3.63. The first kappa shape index (κ1) is 22.3. The van der Waals surface area contributed by atoms with Crippen molar-refractivity contribution < 1.29 is 49.4 Å². The molecule has 0 saturated carbocycles. The summed E-state index contributed by atoms with van der Waals surface area (Å²) in [4.78, 5) is 30.4. The third-order valence-corrected chi connectivity index (χ3v) is 7.34. The van der Waals surface area contributed by atoms with Gasteiger partial charge in [0, 0.05) is 20.8 Å². The van der Waals surface area contributed by atoms with Gasteiger partial charge in [0.15, 0.2) is 6.04 Å². The van der Waals surface area contributed by atoms with Gasteiger partial charge in [-0.3, -0.25) is 9.79 Å². The second-order valence-electron chi connectivity index (χ2n) is 7.31. The summed E-state index contributed by atoms with van der Waals surface area (Å²) in [6.45, 7) is 5.39. The minimum atomic E-state index is -1.04. The van der Waals surface area contributed by atoms with Crippen LogP contribution in [0.4, 0.5) is 0 Å². The molecule has 2 saturated heterocycles. The number of aliphatic imine (C=N–C) groups is 1. The summed E-state index contributed by atoms with van der Waals surface area (Å²) in [5.74, 6) is -1.94. The molecule has 3 unspecified atom stereocenters. The van der Waals surface area contributed by atoms with Gasteiger partial charge in [-0.25, -0.2) is 4.79 Å². The van der Waals surface area contributed by atoms with E-state index in [-0.39, 0.29) is 29.6 Å². The van der Waals surface area contributed by atoms with Crippen molar-refractivity contribution in [3.05, 3.63) is 40.8 Å². The SMILES string of the molecule is Cc1snc(-c2ccccc2)c1C([O-])=NC1C(=O)N2C1SC(C)(C)C2C(=O)O.[Na+]. The van der Waals surface area contributed by atoms with Gasteiger partial charge in [0.2, 0.25) is 0 Å². The van der Waals surface area contributed by atoms with E-state index in [2.05, 4.69) is 9.37 Å². The predicted molar refractivity (Wildman–Crippen MR) is 106 cm³/mol. The van der Waals surface area contributed by atoms with Gasteiger partial charge in [-0.1, -0.05) is 30.3 Å². The number of carboxylic acid groups (broad SMARTS) is 1. The zero-order chi connectivity index (χ0) is 20.2. The molecule has 2 aliphatic rings. The van der Waals surface area contributed by atoms with Crippen LogP contribution in [0.1, 0.15) is 24.3 Å². The fourth-order valence-electron chi connectivity index (χ4n) is 3.72. The Bertz CT molecular complexity index is 993. The number of nitrogens with zero attached hydrogens (tertiary/aromatic N) is 3. The first-order valence-electron chi connectivity index (χ1n) is 8.72. The maximum Gasteiger partial charge on any atom is 1.00 e. The van der Waals surface area contributed by atoms with Crippen LogP contribution in [0.15, 0.2) is 35.3 Å². The Hall–Kier alpha value is -1.39. The summed E-state index contributed by atoms with van der Waals surface area (Å²) in [5.41, 5.74) is 1.78. The smallest absolute Gasteiger partial charge is 0.858 e. The van der Waals surface area contributed by atoms with Gasteiger partial charge in [0.05, 0.1) is 5.69 Å². The molecule has 7 nitrogen and oxygen atoms in total. The minimum Gasteiger partial charge on any atom is -0.858 e. The molecule has 4 rings (SSSR count). The van der Waals surface area contributed by atoms with Crippen LogP contribution < -0.4 is 34.7 Å². The summed E-state index contributed by atoms with van der Waals surface area (Å²) in [6, 6.07) is 7.58. The molecule has 2 fully saturated rings. The van der Waals surface area contributed by atoms with Gasteiger partial charge >= 0.3 is 35.5 Å². The fraction of sp³-hybridized carbons (Fsp3) is 0.368. The maximum atomic E-state index is 12.9. The molecule has 146 valence electrons. The molecule has 0 aliphatic carbocycles. The number of aliphatic carboxylic acids is 1. The van der Waals surface area contributed by atoms with Crippen molar-refractivity contribution in [1.29, 1.82) is 0 Å².